The highest BCUT2D eigenvalue weighted by atomic mass is 127. The van der Waals surface area contributed by atoms with Crippen molar-refractivity contribution in [1.82, 2.24) is 0 Å². The predicted octanol–water partition coefficient (Wildman–Crippen LogP) is 5.39. The SMILES string of the molecule is CC(C)(C)OC(=O)C(I)C/C=C/c1ccc2ccccc2c1. The number of carbonyl (C=O) groups is 1. The van der Waals surface area contributed by atoms with E-state index in [4.69, 9.17) is 4.74 Å². The van der Waals surface area contributed by atoms with Gasteiger partial charge < -0.3 is 4.74 Å². The van der Waals surface area contributed by atoms with E-state index in [1.807, 2.05) is 39.0 Å². The molecule has 0 saturated carbocycles. The zero-order valence-corrected chi connectivity index (χ0v) is 15.3. The van der Waals surface area contributed by atoms with E-state index in [1.54, 1.807) is 0 Å². The second-order valence-corrected chi connectivity index (χ2v) is 7.75. The van der Waals surface area contributed by atoms with E-state index in [9.17, 15) is 4.79 Å². The smallest absolute Gasteiger partial charge is 0.319 e. The lowest BCUT2D eigenvalue weighted by Gasteiger charge is -2.21. The highest BCUT2D eigenvalue weighted by Gasteiger charge is 2.21. The van der Waals surface area contributed by atoms with Gasteiger partial charge in [-0.3, -0.25) is 4.79 Å². The summed E-state index contributed by atoms with van der Waals surface area (Å²) in [6.45, 7) is 5.66. The number of benzene rings is 2. The first-order valence-electron chi connectivity index (χ1n) is 7.37. The van der Waals surface area contributed by atoms with Crippen LogP contribution in [0.3, 0.4) is 0 Å². The lowest BCUT2D eigenvalue weighted by atomic mass is 10.1. The Balaban J connectivity index is 1.97. The maximum Gasteiger partial charge on any atom is 0.319 e. The topological polar surface area (TPSA) is 26.3 Å². The second-order valence-electron chi connectivity index (χ2n) is 6.25. The first-order valence-corrected chi connectivity index (χ1v) is 8.62. The molecule has 2 aromatic rings. The fourth-order valence-electron chi connectivity index (χ4n) is 2.10. The minimum Gasteiger partial charge on any atom is -0.459 e. The molecule has 116 valence electrons. The van der Waals surface area contributed by atoms with Crippen LogP contribution in [0.5, 0.6) is 0 Å². The van der Waals surface area contributed by atoms with Gasteiger partial charge in [-0.25, -0.2) is 0 Å². The lowest BCUT2D eigenvalue weighted by Crippen LogP contribution is -2.28. The van der Waals surface area contributed by atoms with Crippen molar-refractivity contribution < 1.29 is 9.53 Å². The van der Waals surface area contributed by atoms with Crippen molar-refractivity contribution in [2.24, 2.45) is 0 Å². The molecule has 22 heavy (non-hydrogen) atoms. The zero-order valence-electron chi connectivity index (χ0n) is 13.2. The van der Waals surface area contributed by atoms with Gasteiger partial charge in [-0.1, -0.05) is 71.1 Å². The number of halogens is 1. The fraction of sp³-hybridized carbons (Fsp3) is 0.316. The molecule has 0 bridgehead atoms. The van der Waals surface area contributed by atoms with Gasteiger partial charge in [0.2, 0.25) is 0 Å². The Morgan fingerprint density at radius 3 is 2.55 bits per heavy atom. The van der Waals surface area contributed by atoms with Crippen LogP contribution < -0.4 is 0 Å². The van der Waals surface area contributed by atoms with Crippen molar-refractivity contribution in [3.05, 3.63) is 54.1 Å². The van der Waals surface area contributed by atoms with Crippen molar-refractivity contribution in [2.45, 2.75) is 36.7 Å². The molecule has 2 aromatic carbocycles. The van der Waals surface area contributed by atoms with Crippen LogP contribution in [-0.2, 0) is 9.53 Å². The molecule has 2 nitrogen and oxygen atoms in total. The molecule has 0 heterocycles. The normalized spacial score (nSPS) is 13.5. The average Bonchev–Trinajstić information content (AvgIpc) is 2.45. The van der Waals surface area contributed by atoms with Gasteiger partial charge in [0, 0.05) is 0 Å². The molecule has 0 saturated heterocycles. The van der Waals surface area contributed by atoms with E-state index in [0.29, 0.717) is 6.42 Å². The summed E-state index contributed by atoms with van der Waals surface area (Å²) in [5.74, 6) is -0.156. The van der Waals surface area contributed by atoms with Gasteiger partial charge >= 0.3 is 5.97 Å². The number of allylic oxidation sites excluding steroid dienone is 1. The van der Waals surface area contributed by atoms with E-state index in [0.717, 1.165) is 5.56 Å². The maximum absolute atomic E-state index is 11.9. The molecule has 3 heteroatoms. The molecule has 0 aliphatic carbocycles. The summed E-state index contributed by atoms with van der Waals surface area (Å²) in [6.07, 6.45) is 4.76. The molecular weight excluding hydrogens is 387 g/mol. The highest BCUT2D eigenvalue weighted by Crippen LogP contribution is 2.18. The third kappa shape index (κ3) is 5.13. The predicted molar refractivity (Wildman–Crippen MR) is 101 cm³/mol. The summed E-state index contributed by atoms with van der Waals surface area (Å²) in [4.78, 5) is 11.9. The van der Waals surface area contributed by atoms with Crippen LogP contribution in [0.25, 0.3) is 16.8 Å². The summed E-state index contributed by atoms with van der Waals surface area (Å²) in [6, 6.07) is 14.7. The molecule has 1 unspecified atom stereocenters. The quantitative estimate of drug-likeness (QED) is 0.385. The molecule has 0 fully saturated rings. The number of carbonyl (C=O) groups excluding carboxylic acids is 1. The van der Waals surface area contributed by atoms with Crippen LogP contribution in [0.2, 0.25) is 0 Å². The molecule has 0 radical (unpaired) electrons. The lowest BCUT2D eigenvalue weighted by molar-refractivity contribution is -0.153. The van der Waals surface area contributed by atoms with Gasteiger partial charge in [-0.05, 0) is 49.6 Å². The number of rotatable bonds is 4. The fourth-order valence-corrected chi connectivity index (χ4v) is 2.52. The molecule has 0 aliphatic rings. The van der Waals surface area contributed by atoms with E-state index >= 15 is 0 Å². The zero-order chi connectivity index (χ0) is 16.2. The number of hydrogen-bond acceptors (Lipinski definition) is 2. The Hall–Kier alpha value is -1.36. The Morgan fingerprint density at radius 1 is 1.18 bits per heavy atom. The van der Waals surface area contributed by atoms with Crippen LogP contribution in [0, 0.1) is 0 Å². The van der Waals surface area contributed by atoms with Crippen molar-refractivity contribution in [3.63, 3.8) is 0 Å². The van der Waals surface area contributed by atoms with Crippen LogP contribution in [-0.4, -0.2) is 15.5 Å². The van der Waals surface area contributed by atoms with Crippen LogP contribution in [0.4, 0.5) is 0 Å². The molecule has 0 aromatic heterocycles. The third-order valence-electron chi connectivity index (χ3n) is 3.09. The molecule has 0 aliphatic heterocycles. The Morgan fingerprint density at radius 2 is 1.86 bits per heavy atom. The van der Waals surface area contributed by atoms with Crippen LogP contribution in [0.15, 0.2) is 48.5 Å². The number of esters is 1. The largest absolute Gasteiger partial charge is 0.459 e. The maximum atomic E-state index is 11.9. The van der Waals surface area contributed by atoms with Gasteiger partial charge in [0.1, 0.15) is 9.53 Å². The van der Waals surface area contributed by atoms with E-state index in [2.05, 4.69) is 59.0 Å². The van der Waals surface area contributed by atoms with Crippen LogP contribution >= 0.6 is 22.6 Å². The summed E-state index contributed by atoms with van der Waals surface area (Å²) in [5.41, 5.74) is 0.717. The van der Waals surface area contributed by atoms with Gasteiger partial charge in [-0.15, -0.1) is 0 Å². The molecular formula is C19H21IO2. The van der Waals surface area contributed by atoms with E-state index in [-0.39, 0.29) is 9.89 Å². The highest BCUT2D eigenvalue weighted by molar-refractivity contribution is 14.1. The number of hydrogen-bond donors (Lipinski definition) is 0. The molecule has 1 atom stereocenters. The summed E-state index contributed by atoms with van der Waals surface area (Å²) >= 11 is 2.14. The van der Waals surface area contributed by atoms with Gasteiger partial charge in [0.05, 0.1) is 0 Å². The van der Waals surface area contributed by atoms with Crippen molar-refractivity contribution in [3.8, 4) is 0 Å². The minimum atomic E-state index is -0.428. The van der Waals surface area contributed by atoms with Crippen molar-refractivity contribution >= 4 is 45.4 Å². The average molecular weight is 408 g/mol. The summed E-state index contributed by atoms with van der Waals surface area (Å²) < 4.78 is 5.22. The molecule has 0 N–H and O–H groups in total. The standard InChI is InChI=1S/C19H21IO2/c1-19(2,3)22-18(21)17(20)10-6-7-14-11-12-15-8-4-5-9-16(15)13-14/h4-9,11-13,17H,10H2,1-3H3/b7-6+. The number of ether oxygens (including phenoxy) is 1. The Kier molecular flexibility index (Phi) is 5.62. The number of fused-ring (bicyclic) bond motifs is 1. The first-order chi connectivity index (χ1) is 10.3. The summed E-state index contributed by atoms with van der Waals surface area (Å²) in [5, 5.41) is 2.46. The minimum absolute atomic E-state index is 0.156. The van der Waals surface area contributed by atoms with Crippen LogP contribution in [0.1, 0.15) is 32.8 Å². The van der Waals surface area contributed by atoms with Gasteiger partial charge in [0.25, 0.3) is 0 Å². The monoisotopic (exact) mass is 408 g/mol. The van der Waals surface area contributed by atoms with Crippen molar-refractivity contribution in [1.29, 1.82) is 0 Å². The second kappa shape index (κ2) is 7.27. The van der Waals surface area contributed by atoms with Gasteiger partial charge in [0.15, 0.2) is 0 Å². The molecule has 0 spiro atoms. The van der Waals surface area contributed by atoms with Gasteiger partial charge in [-0.2, -0.15) is 0 Å². The Labute approximate surface area is 145 Å². The Bertz CT molecular complexity index is 683. The van der Waals surface area contributed by atoms with E-state index < -0.39 is 5.60 Å². The van der Waals surface area contributed by atoms with Crippen molar-refractivity contribution in [2.75, 3.05) is 0 Å². The molecule has 0 amide bonds. The van der Waals surface area contributed by atoms with E-state index in [1.165, 1.54) is 10.8 Å². The molecule has 2 rings (SSSR count). The first kappa shape index (κ1) is 17.0. The third-order valence-corrected chi connectivity index (χ3v) is 4.11. The summed E-state index contributed by atoms with van der Waals surface area (Å²) in [7, 11) is 0. The number of alkyl halides is 1.